The maximum absolute atomic E-state index is 14.4. The van der Waals surface area contributed by atoms with E-state index in [1.165, 1.54) is 44.4 Å². The second-order valence-electron chi connectivity index (χ2n) is 21.4. The molecule has 2 saturated heterocycles. The fraction of sp³-hybridized carbons (Fsp3) is 0.571. The van der Waals surface area contributed by atoms with Crippen LogP contribution in [-0.2, 0) is 54.1 Å². The Morgan fingerprint density at radius 3 is 2.40 bits per heavy atom. The summed E-state index contributed by atoms with van der Waals surface area (Å²) in [5, 5.41) is 29.1. The number of aldehydes is 2. The number of amides is 7. The van der Waals surface area contributed by atoms with Gasteiger partial charge in [-0.1, -0.05) is 88.0 Å². The van der Waals surface area contributed by atoms with Crippen molar-refractivity contribution < 1.29 is 71.9 Å². The van der Waals surface area contributed by atoms with Crippen molar-refractivity contribution in [3.05, 3.63) is 69.2 Å². The highest BCUT2D eigenvalue weighted by atomic mass is 79.9. The Morgan fingerprint density at radius 1 is 1.05 bits per heavy atom. The van der Waals surface area contributed by atoms with Crippen molar-refractivity contribution in [1.82, 2.24) is 21.3 Å². The molecule has 0 spiro atoms. The van der Waals surface area contributed by atoms with E-state index in [0.717, 1.165) is 23.7 Å². The van der Waals surface area contributed by atoms with Crippen LogP contribution in [0.25, 0.3) is 0 Å². The van der Waals surface area contributed by atoms with Crippen molar-refractivity contribution in [2.75, 3.05) is 60.6 Å². The Balaban J connectivity index is 1.34. The largest absolute Gasteiger partial charge is 0.495 e. The summed E-state index contributed by atoms with van der Waals surface area (Å²) in [6, 6.07) is 4.49. The summed E-state index contributed by atoms with van der Waals surface area (Å²) >= 11 is 16.9. The molecule has 0 saturated carbocycles. The quantitative estimate of drug-likeness (QED) is 0.0213. The minimum absolute atomic E-state index is 0.0707. The number of alkyl carbamates (subject to hydrolysis) is 1. The van der Waals surface area contributed by atoms with E-state index >= 15 is 0 Å². The molecule has 7 amide bonds. The number of nitrogens with two attached hydrogens (primary N) is 1. The lowest BCUT2D eigenvalue weighted by molar-refractivity contribution is -0.142. The Labute approximate surface area is 513 Å². The van der Waals surface area contributed by atoms with E-state index in [0.29, 0.717) is 47.8 Å². The number of aliphatic hydroxyl groups is 1. The summed E-state index contributed by atoms with van der Waals surface area (Å²) in [5.41, 5.74) is 3.43. The van der Waals surface area contributed by atoms with Gasteiger partial charge < -0.3 is 69.7 Å². The van der Waals surface area contributed by atoms with Gasteiger partial charge in [-0.15, -0.1) is 0 Å². The average molecular weight is 1380 g/mol. The molecule has 3 heterocycles. The molecule has 2 fully saturated rings. The van der Waals surface area contributed by atoms with Crippen LogP contribution in [0, 0.1) is 11.8 Å². The number of alkyl halides is 2. The zero-order chi connectivity index (χ0) is 61.4. The van der Waals surface area contributed by atoms with E-state index < -0.39 is 108 Å². The van der Waals surface area contributed by atoms with Gasteiger partial charge in [-0.3, -0.25) is 30.3 Å². The highest BCUT2D eigenvalue weighted by Crippen LogP contribution is 2.49. The number of carbonyl (C=O) groups excluding carboxylic acids is 8. The SMILES string of the molecule is COc1cc2cc(c1Cl)N(C)C(=O)C[C@H](OC(=O)Nc1ccc(NC(=O)[C@H](CCCNC(N)=O)NC(=O)[C@@H](NC(C=O)CCCCOC(C=O)(CBr)CBr)C(C)C)cc1Br)[C@]1(C)O[C@H]1[C@H](C)[C@@H]1C[C@@](O)(NC(=O)O1)[C@H](OC)/C=C/C=C(\C)C2. The fourth-order valence-corrected chi connectivity index (χ4v) is 12.1. The maximum atomic E-state index is 14.4. The highest BCUT2D eigenvalue weighted by molar-refractivity contribution is 9.10. The van der Waals surface area contributed by atoms with Gasteiger partial charge in [0.15, 0.2) is 12.0 Å². The van der Waals surface area contributed by atoms with Gasteiger partial charge in [-0.25, -0.2) is 14.4 Å². The molecule has 4 bridgehead atoms. The van der Waals surface area contributed by atoms with E-state index in [2.05, 4.69) is 79.7 Å². The summed E-state index contributed by atoms with van der Waals surface area (Å²) < 4.78 is 35.5. The van der Waals surface area contributed by atoms with Crippen LogP contribution >= 0.6 is 59.4 Å². The predicted molar refractivity (Wildman–Crippen MR) is 322 cm³/mol. The van der Waals surface area contributed by atoms with Crippen LogP contribution in [0.4, 0.5) is 31.4 Å². The molecule has 458 valence electrons. The van der Waals surface area contributed by atoms with Gasteiger partial charge in [0.25, 0.3) is 0 Å². The van der Waals surface area contributed by atoms with Crippen molar-refractivity contribution >= 4 is 125 Å². The number of halogens is 4. The maximum Gasteiger partial charge on any atom is 0.412 e. The summed E-state index contributed by atoms with van der Waals surface area (Å²) in [4.78, 5) is 106. The molecule has 1 unspecified atom stereocenters. The number of rotatable bonds is 25. The predicted octanol–water partition coefficient (Wildman–Crippen LogP) is 7.10. The van der Waals surface area contributed by atoms with Crippen molar-refractivity contribution in [3.8, 4) is 5.75 Å². The van der Waals surface area contributed by atoms with E-state index in [4.69, 9.17) is 45.8 Å². The third kappa shape index (κ3) is 18.7. The number of ether oxygens (including phenoxy) is 6. The molecular formula is C56H76Br3ClN8O15. The first kappa shape index (κ1) is 68.6. The Kier molecular flexibility index (Phi) is 25.8. The Morgan fingerprint density at radius 2 is 1.77 bits per heavy atom. The van der Waals surface area contributed by atoms with Crippen LogP contribution < -0.4 is 47.3 Å². The smallest absolute Gasteiger partial charge is 0.412 e. The first-order valence-electron chi connectivity index (χ1n) is 27.0. The van der Waals surface area contributed by atoms with Gasteiger partial charge in [0.2, 0.25) is 17.7 Å². The number of nitrogens with zero attached hydrogens (tertiary/aromatic N) is 1. The number of epoxide rings is 1. The van der Waals surface area contributed by atoms with Crippen LogP contribution in [0.15, 0.2) is 58.6 Å². The van der Waals surface area contributed by atoms with Crippen molar-refractivity contribution in [1.29, 1.82) is 0 Å². The number of primary amides is 1. The third-order valence-electron chi connectivity index (χ3n) is 14.7. The average Bonchev–Trinajstić information content (AvgIpc) is 1.91. The number of unbranched alkanes of at least 4 members (excludes halogenated alkanes) is 1. The van der Waals surface area contributed by atoms with Crippen LogP contribution in [-0.4, -0.2) is 158 Å². The number of urea groups is 1. The molecule has 27 heteroatoms. The van der Waals surface area contributed by atoms with E-state index in [-0.39, 0.29) is 59.2 Å². The van der Waals surface area contributed by atoms with Gasteiger partial charge in [0.05, 0.1) is 43.1 Å². The number of hydrogen-bond donors (Lipinski definition) is 8. The number of carbonyl (C=O) groups is 8. The fourth-order valence-electron chi connectivity index (χ4n) is 9.79. The molecule has 0 aliphatic carbocycles. The Bertz CT molecular complexity index is 2720. The highest BCUT2D eigenvalue weighted by Gasteiger charge is 2.64. The first-order valence-corrected chi connectivity index (χ1v) is 30.5. The molecule has 3 aliphatic heterocycles. The minimum atomic E-state index is -1.90. The minimum Gasteiger partial charge on any atom is -0.495 e. The molecule has 9 N–H and O–H groups in total. The topological polar surface area (TPSA) is 317 Å². The number of benzene rings is 2. The Hall–Kier alpha value is -5.19. The van der Waals surface area contributed by atoms with Crippen LogP contribution in [0.3, 0.4) is 0 Å². The molecule has 83 heavy (non-hydrogen) atoms. The number of nitrogens with one attached hydrogen (secondary N) is 6. The molecule has 10 atom stereocenters. The van der Waals surface area contributed by atoms with E-state index in [1.54, 1.807) is 52.0 Å². The molecule has 0 aromatic heterocycles. The summed E-state index contributed by atoms with van der Waals surface area (Å²) in [5.74, 6) is -2.30. The van der Waals surface area contributed by atoms with Gasteiger partial charge in [-0.2, -0.15) is 0 Å². The van der Waals surface area contributed by atoms with Gasteiger partial charge in [0.1, 0.15) is 52.6 Å². The monoisotopic (exact) mass is 1370 g/mol. The van der Waals surface area contributed by atoms with E-state index in [9.17, 15) is 43.5 Å². The summed E-state index contributed by atoms with van der Waals surface area (Å²) in [6.07, 6.45) is 2.41. The first-order chi connectivity index (χ1) is 39.3. The van der Waals surface area contributed by atoms with Gasteiger partial charge in [-0.05, 0) is 110 Å². The van der Waals surface area contributed by atoms with Crippen LogP contribution in [0.5, 0.6) is 5.75 Å². The molecular weight excluding hydrogens is 1300 g/mol. The number of anilines is 3. The molecule has 3 aliphatic rings. The zero-order valence-electron chi connectivity index (χ0n) is 47.7. The third-order valence-corrected chi connectivity index (χ3v) is 17.7. The second-order valence-corrected chi connectivity index (χ2v) is 23.8. The van der Waals surface area contributed by atoms with Crippen molar-refractivity contribution in [3.63, 3.8) is 0 Å². The summed E-state index contributed by atoms with van der Waals surface area (Å²) in [7, 11) is 4.40. The molecule has 5 rings (SSSR count). The van der Waals surface area contributed by atoms with Crippen LogP contribution in [0.2, 0.25) is 5.02 Å². The van der Waals surface area contributed by atoms with E-state index in [1.807, 2.05) is 13.0 Å². The molecule has 0 radical (unpaired) electrons. The lowest BCUT2D eigenvalue weighted by atomic mass is 9.83. The lowest BCUT2D eigenvalue weighted by Gasteiger charge is -2.42. The normalized spacial score (nSPS) is 24.9. The summed E-state index contributed by atoms with van der Waals surface area (Å²) in [6.45, 7) is 9.28. The van der Waals surface area contributed by atoms with Crippen molar-refractivity contribution in [2.45, 2.75) is 145 Å². The number of methoxy groups -OCH3 is 2. The van der Waals surface area contributed by atoms with Gasteiger partial charge in [0, 0.05) is 60.5 Å². The molecule has 23 nitrogen and oxygen atoms in total. The second kappa shape index (κ2) is 31.3. The number of fused-ring (bicyclic) bond motifs is 5. The molecule has 2 aromatic carbocycles. The number of allylic oxidation sites excluding steroid dienone is 3. The lowest BCUT2D eigenvalue weighted by Crippen LogP contribution is -2.63. The standard InChI is InChI=1S/C56H76Br3ClN8O15/c1-31(2)47(63-36(27-69)14-9-10-20-80-55(28-57,29-58)30-70)50(73)65-39(15-12-19-62-51(61)74)49(72)64-35-17-18-38(37(59)24-35)66-52(75)82-44-25-45(71)68(6)40-22-34(23-41(78-7)46(40)60)21-32(3)13-11-16-43(79-8)56(77)26-42(81-53(76)67-56)33(4)48-54(44,5)83-48/h11,13,16-18,22-24,27,30-31,33,36,39,42-44,47-48,63,77H,9-10,12,14-15,19-21,25-26,28-29H2,1-8H3,(H,64,72)(H,65,73)(H,66,75)(H,67,76)(H3,61,62,74)/b16-11+,32-13+/t33-,36?,39+,42+,43-,44+,47+,48+,54+,56+/m1/s1. The number of hydrogen-bond acceptors (Lipinski definition) is 16. The van der Waals surface area contributed by atoms with Crippen molar-refractivity contribution in [2.24, 2.45) is 17.6 Å². The zero-order valence-corrected chi connectivity index (χ0v) is 53.2. The van der Waals surface area contributed by atoms with Gasteiger partial charge >= 0.3 is 18.2 Å². The molecule has 2 aromatic rings. The van der Waals surface area contributed by atoms with Crippen LogP contribution in [0.1, 0.15) is 85.1 Å².